The second-order valence-corrected chi connectivity index (χ2v) is 7.71. The number of fused-ring (bicyclic) bond motifs is 1. The minimum absolute atomic E-state index is 0.746. The third-order valence-electron chi connectivity index (χ3n) is 6.20. The minimum atomic E-state index is 0.746. The average molecular weight is 338 g/mol. The Kier molecular flexibility index (Phi) is 4.91. The van der Waals surface area contributed by atoms with Crippen LogP contribution in [0.3, 0.4) is 0 Å². The van der Waals surface area contributed by atoms with E-state index in [2.05, 4.69) is 58.1 Å². The predicted octanol–water partition coefficient (Wildman–Crippen LogP) is 2.74. The van der Waals surface area contributed by atoms with Gasteiger partial charge >= 0.3 is 0 Å². The van der Waals surface area contributed by atoms with Crippen LogP contribution in [0.15, 0.2) is 24.3 Å². The molecule has 1 atom stereocenters. The molecule has 1 aromatic carbocycles. The fraction of sp³-hybridized carbons (Fsp3) is 0.571. The molecule has 0 unspecified atom stereocenters. The monoisotopic (exact) mass is 338 g/mol. The molecule has 0 spiro atoms. The molecular formula is C21H30N4. The quantitative estimate of drug-likeness (QED) is 0.931. The van der Waals surface area contributed by atoms with E-state index in [-0.39, 0.29) is 0 Å². The lowest BCUT2D eigenvalue weighted by Crippen LogP contribution is -2.52. The summed E-state index contributed by atoms with van der Waals surface area (Å²) >= 11 is 0. The van der Waals surface area contributed by atoms with E-state index < -0.39 is 0 Å². The largest absolute Gasteiger partial charge is 0.300 e. The molecular weight excluding hydrogens is 308 g/mol. The fourth-order valence-corrected chi connectivity index (χ4v) is 4.55. The van der Waals surface area contributed by atoms with Crippen LogP contribution in [0.25, 0.3) is 0 Å². The molecule has 1 aromatic heterocycles. The first-order valence-electron chi connectivity index (χ1n) is 9.74. The third kappa shape index (κ3) is 3.65. The highest BCUT2D eigenvalue weighted by atomic mass is 15.3. The van der Waals surface area contributed by atoms with Gasteiger partial charge in [0.25, 0.3) is 0 Å². The molecule has 0 saturated carbocycles. The molecule has 4 heteroatoms. The van der Waals surface area contributed by atoms with Crippen LogP contribution >= 0.6 is 0 Å². The van der Waals surface area contributed by atoms with Gasteiger partial charge in [0.1, 0.15) is 0 Å². The van der Waals surface area contributed by atoms with Crippen LogP contribution in [-0.2, 0) is 19.3 Å². The number of aromatic amines is 1. The van der Waals surface area contributed by atoms with Crippen LogP contribution in [0.1, 0.15) is 34.5 Å². The molecule has 2 aliphatic rings. The van der Waals surface area contributed by atoms with Crippen molar-refractivity contribution in [1.82, 2.24) is 20.0 Å². The van der Waals surface area contributed by atoms with Crippen molar-refractivity contribution in [1.29, 1.82) is 0 Å². The zero-order valence-electron chi connectivity index (χ0n) is 15.6. The van der Waals surface area contributed by atoms with Gasteiger partial charge in [-0.05, 0) is 56.2 Å². The summed E-state index contributed by atoms with van der Waals surface area (Å²) in [6, 6.07) is 9.76. The number of hydrogen-bond acceptors (Lipinski definition) is 3. The number of nitrogens with one attached hydrogen (secondary N) is 1. The van der Waals surface area contributed by atoms with Gasteiger partial charge in [-0.15, -0.1) is 0 Å². The van der Waals surface area contributed by atoms with Crippen molar-refractivity contribution in [3.05, 3.63) is 52.3 Å². The minimum Gasteiger partial charge on any atom is -0.300 e. The average Bonchev–Trinajstić information content (AvgIpc) is 2.98. The summed E-state index contributed by atoms with van der Waals surface area (Å²) in [4.78, 5) is 5.36. The maximum atomic E-state index is 4.32. The first kappa shape index (κ1) is 16.8. The van der Waals surface area contributed by atoms with Crippen LogP contribution in [-0.4, -0.2) is 58.8 Å². The van der Waals surface area contributed by atoms with Crippen molar-refractivity contribution in [2.75, 3.05) is 32.7 Å². The summed E-state index contributed by atoms with van der Waals surface area (Å²) < 4.78 is 0. The highest BCUT2D eigenvalue weighted by Crippen LogP contribution is 2.25. The van der Waals surface area contributed by atoms with Crippen molar-refractivity contribution in [2.24, 2.45) is 0 Å². The summed E-state index contributed by atoms with van der Waals surface area (Å²) in [7, 11) is 0. The first-order valence-corrected chi connectivity index (χ1v) is 9.74. The molecule has 4 rings (SSSR count). The first-order chi connectivity index (χ1) is 12.2. The number of aromatic nitrogens is 2. The van der Waals surface area contributed by atoms with Crippen LogP contribution < -0.4 is 0 Å². The van der Waals surface area contributed by atoms with Gasteiger partial charge in [0, 0.05) is 44.5 Å². The number of aryl methyl sites for hydroxylation is 3. The van der Waals surface area contributed by atoms with Crippen molar-refractivity contribution in [2.45, 2.75) is 45.6 Å². The molecule has 0 bridgehead atoms. The molecule has 1 N–H and O–H groups in total. The Balaban J connectivity index is 1.28. The Bertz CT molecular complexity index is 693. The lowest BCUT2D eigenvalue weighted by atomic mass is 9.87. The SMILES string of the molecule is Cc1n[nH]c(C)c1CCN1CCN([C@H]2CCc3ccccc3C2)CC1. The number of benzene rings is 1. The fourth-order valence-electron chi connectivity index (χ4n) is 4.55. The van der Waals surface area contributed by atoms with Crippen LogP contribution in [0.5, 0.6) is 0 Å². The molecule has 1 aliphatic carbocycles. The summed E-state index contributed by atoms with van der Waals surface area (Å²) in [6.45, 7) is 10.2. The lowest BCUT2D eigenvalue weighted by Gasteiger charge is -2.41. The molecule has 2 aromatic rings. The van der Waals surface area contributed by atoms with Crippen LogP contribution in [0, 0.1) is 13.8 Å². The maximum Gasteiger partial charge on any atom is 0.0626 e. The van der Waals surface area contributed by atoms with E-state index in [1.165, 1.54) is 56.7 Å². The molecule has 0 amide bonds. The number of piperazine rings is 1. The van der Waals surface area contributed by atoms with Crippen molar-refractivity contribution >= 4 is 0 Å². The zero-order valence-corrected chi connectivity index (χ0v) is 15.6. The highest BCUT2D eigenvalue weighted by Gasteiger charge is 2.27. The van der Waals surface area contributed by atoms with Gasteiger partial charge < -0.3 is 4.90 Å². The van der Waals surface area contributed by atoms with Gasteiger partial charge in [0.05, 0.1) is 5.69 Å². The molecule has 25 heavy (non-hydrogen) atoms. The van der Waals surface area contributed by atoms with E-state index in [0.717, 1.165) is 24.7 Å². The van der Waals surface area contributed by atoms with E-state index in [9.17, 15) is 0 Å². The maximum absolute atomic E-state index is 4.32. The lowest BCUT2D eigenvalue weighted by molar-refractivity contribution is 0.0902. The van der Waals surface area contributed by atoms with Crippen molar-refractivity contribution < 1.29 is 0 Å². The Morgan fingerprint density at radius 2 is 1.84 bits per heavy atom. The Morgan fingerprint density at radius 1 is 1.08 bits per heavy atom. The topological polar surface area (TPSA) is 35.2 Å². The van der Waals surface area contributed by atoms with Crippen molar-refractivity contribution in [3.63, 3.8) is 0 Å². The number of nitrogens with zero attached hydrogens (tertiary/aromatic N) is 3. The Labute approximate surface area is 151 Å². The zero-order chi connectivity index (χ0) is 17.2. The number of hydrogen-bond donors (Lipinski definition) is 1. The summed E-state index contributed by atoms with van der Waals surface area (Å²) in [5.74, 6) is 0. The van der Waals surface area contributed by atoms with E-state index >= 15 is 0 Å². The standard InChI is InChI=1S/C21H30N4/c1-16-21(17(2)23-22-16)9-10-24-11-13-25(14-12-24)20-8-7-18-5-3-4-6-19(18)15-20/h3-6,20H,7-15H2,1-2H3,(H,22,23)/t20-/m0/s1. The van der Waals surface area contributed by atoms with E-state index in [1.807, 2.05) is 0 Å². The summed E-state index contributed by atoms with van der Waals surface area (Å²) in [5.41, 5.74) is 6.95. The van der Waals surface area contributed by atoms with E-state index in [1.54, 1.807) is 11.1 Å². The smallest absolute Gasteiger partial charge is 0.0626 e. The molecule has 2 heterocycles. The number of H-pyrrole nitrogens is 1. The summed E-state index contributed by atoms with van der Waals surface area (Å²) in [6.07, 6.45) is 4.93. The molecule has 4 nitrogen and oxygen atoms in total. The second-order valence-electron chi connectivity index (χ2n) is 7.71. The van der Waals surface area contributed by atoms with Gasteiger partial charge in [0.15, 0.2) is 0 Å². The van der Waals surface area contributed by atoms with Gasteiger partial charge in [-0.25, -0.2) is 0 Å². The molecule has 1 saturated heterocycles. The van der Waals surface area contributed by atoms with Gasteiger partial charge in [0.2, 0.25) is 0 Å². The van der Waals surface area contributed by atoms with Crippen LogP contribution in [0.2, 0.25) is 0 Å². The van der Waals surface area contributed by atoms with Gasteiger partial charge in [-0.1, -0.05) is 24.3 Å². The van der Waals surface area contributed by atoms with E-state index in [0.29, 0.717) is 0 Å². The molecule has 1 aliphatic heterocycles. The predicted molar refractivity (Wildman–Crippen MR) is 102 cm³/mol. The second kappa shape index (κ2) is 7.30. The van der Waals surface area contributed by atoms with E-state index in [4.69, 9.17) is 0 Å². The molecule has 0 radical (unpaired) electrons. The molecule has 134 valence electrons. The van der Waals surface area contributed by atoms with Crippen LogP contribution in [0.4, 0.5) is 0 Å². The molecule has 1 fully saturated rings. The Hall–Kier alpha value is -1.65. The third-order valence-corrected chi connectivity index (χ3v) is 6.20. The van der Waals surface area contributed by atoms with Gasteiger partial charge in [-0.2, -0.15) is 5.10 Å². The Morgan fingerprint density at radius 3 is 2.56 bits per heavy atom. The number of rotatable bonds is 4. The highest BCUT2D eigenvalue weighted by molar-refractivity contribution is 5.30. The van der Waals surface area contributed by atoms with Crippen molar-refractivity contribution in [3.8, 4) is 0 Å². The summed E-state index contributed by atoms with van der Waals surface area (Å²) in [5, 5.41) is 7.43. The normalized spacial score (nSPS) is 22.1. The van der Waals surface area contributed by atoms with Gasteiger partial charge in [-0.3, -0.25) is 10.00 Å².